The van der Waals surface area contributed by atoms with Crippen molar-refractivity contribution in [2.24, 2.45) is 0 Å². The minimum atomic E-state index is -1.22. The summed E-state index contributed by atoms with van der Waals surface area (Å²) in [5, 5.41) is 8.88. The Balaban J connectivity index is 1.66. The molecule has 2 bridgehead atoms. The van der Waals surface area contributed by atoms with E-state index in [2.05, 4.69) is 25.3 Å². The second-order valence-electron chi connectivity index (χ2n) is 7.72. The molecule has 2 aliphatic heterocycles. The van der Waals surface area contributed by atoms with Gasteiger partial charge in [-0.3, -0.25) is 0 Å². The smallest absolute Gasteiger partial charge is 0.208 e. The zero-order chi connectivity index (χ0) is 21.5. The minimum Gasteiger partial charge on any atom is -0.494 e. The fourth-order valence-corrected chi connectivity index (χ4v) is 5.53. The SMILES string of the molecule is CCOc1ccc(Cc2cc([C@]34OC[C@](CO)(O3)[C@H](S)[C@H](S)[C@H]4S)ccc2F)cc1. The fourth-order valence-electron chi connectivity index (χ4n) is 4.09. The van der Waals surface area contributed by atoms with Crippen molar-refractivity contribution in [3.05, 3.63) is 65.0 Å². The summed E-state index contributed by atoms with van der Waals surface area (Å²) in [5.74, 6) is -0.751. The van der Waals surface area contributed by atoms with E-state index in [1.54, 1.807) is 12.1 Å². The molecular formula is C22H25FO4S3. The van der Waals surface area contributed by atoms with E-state index in [-0.39, 0.29) is 29.5 Å². The third kappa shape index (κ3) is 3.65. The molecule has 2 aromatic rings. The first-order valence-corrected chi connectivity index (χ1v) is 11.4. The van der Waals surface area contributed by atoms with Gasteiger partial charge in [-0.25, -0.2) is 4.39 Å². The largest absolute Gasteiger partial charge is 0.494 e. The first-order valence-electron chi connectivity index (χ1n) is 9.85. The lowest BCUT2D eigenvalue weighted by atomic mass is 9.88. The molecule has 0 unspecified atom stereocenters. The highest BCUT2D eigenvalue weighted by atomic mass is 32.1. The summed E-state index contributed by atoms with van der Waals surface area (Å²) in [4.78, 5) is 0. The quantitative estimate of drug-likeness (QED) is 0.489. The number of fused-ring (bicyclic) bond motifs is 2. The average Bonchev–Trinajstić information content (AvgIpc) is 3.14. The molecule has 5 atom stereocenters. The Labute approximate surface area is 192 Å². The maximum atomic E-state index is 14.6. The van der Waals surface area contributed by atoms with E-state index < -0.39 is 16.6 Å². The summed E-state index contributed by atoms with van der Waals surface area (Å²) in [6.45, 7) is 2.44. The number of aliphatic hydroxyl groups is 1. The molecule has 0 spiro atoms. The van der Waals surface area contributed by atoms with E-state index in [9.17, 15) is 9.50 Å². The van der Waals surface area contributed by atoms with E-state index >= 15 is 0 Å². The number of ether oxygens (including phenoxy) is 3. The Bertz CT molecular complexity index is 912. The van der Waals surface area contributed by atoms with Crippen LogP contribution in [0.3, 0.4) is 0 Å². The third-order valence-electron chi connectivity index (χ3n) is 5.81. The molecule has 2 aromatic carbocycles. The number of thiol groups is 3. The van der Waals surface area contributed by atoms with Crippen LogP contribution in [0.4, 0.5) is 4.39 Å². The van der Waals surface area contributed by atoms with Gasteiger partial charge < -0.3 is 19.3 Å². The molecule has 0 saturated carbocycles. The highest BCUT2D eigenvalue weighted by Gasteiger charge is 2.65. The summed E-state index contributed by atoms with van der Waals surface area (Å²) in [6, 6.07) is 12.4. The molecule has 2 aliphatic rings. The topological polar surface area (TPSA) is 47.9 Å². The van der Waals surface area contributed by atoms with Crippen LogP contribution in [0.15, 0.2) is 42.5 Å². The van der Waals surface area contributed by atoms with E-state index in [4.69, 9.17) is 26.8 Å². The zero-order valence-corrected chi connectivity index (χ0v) is 19.2. The Morgan fingerprint density at radius 1 is 1.13 bits per heavy atom. The van der Waals surface area contributed by atoms with Gasteiger partial charge in [-0.05, 0) is 42.3 Å². The van der Waals surface area contributed by atoms with E-state index in [1.165, 1.54) is 6.07 Å². The number of benzene rings is 2. The van der Waals surface area contributed by atoms with Crippen molar-refractivity contribution in [3.8, 4) is 5.75 Å². The normalized spacial score (nSPS) is 32.9. The van der Waals surface area contributed by atoms with Crippen molar-refractivity contribution < 1.29 is 23.7 Å². The van der Waals surface area contributed by atoms with Gasteiger partial charge in [-0.2, -0.15) is 37.9 Å². The van der Waals surface area contributed by atoms with E-state index in [0.717, 1.165) is 11.3 Å². The molecule has 0 amide bonds. The number of rotatable bonds is 6. The van der Waals surface area contributed by atoms with E-state index in [1.807, 2.05) is 31.2 Å². The van der Waals surface area contributed by atoms with Crippen molar-refractivity contribution in [2.75, 3.05) is 19.8 Å². The first-order chi connectivity index (χ1) is 14.3. The van der Waals surface area contributed by atoms with Crippen LogP contribution >= 0.6 is 37.9 Å². The number of halogens is 1. The lowest BCUT2D eigenvalue weighted by Gasteiger charge is -2.47. The van der Waals surface area contributed by atoms with Gasteiger partial charge in [-0.1, -0.05) is 18.2 Å². The maximum Gasteiger partial charge on any atom is 0.208 e. The van der Waals surface area contributed by atoms with Gasteiger partial charge in [0, 0.05) is 22.5 Å². The van der Waals surface area contributed by atoms with Gasteiger partial charge in [0.25, 0.3) is 0 Å². The summed E-state index contributed by atoms with van der Waals surface area (Å²) in [7, 11) is 0. The fraction of sp³-hybridized carbons (Fsp3) is 0.455. The molecule has 1 N–H and O–H groups in total. The van der Waals surface area contributed by atoms with Crippen molar-refractivity contribution >= 4 is 37.9 Å². The standard InChI is InChI=1S/C22H25FO4S3/c1-2-25-16-6-3-13(4-7-16)9-14-10-15(5-8-17(14)23)22-20(30)18(28)19(29)21(11-24,27-22)12-26-22/h3-8,10,18-20,24,28-30H,2,9,11-12H2,1H3/t18-,19+,20+,21-,22-/m0/s1. The van der Waals surface area contributed by atoms with Crippen molar-refractivity contribution in [1.29, 1.82) is 0 Å². The van der Waals surface area contributed by atoms with Crippen molar-refractivity contribution in [2.45, 2.75) is 40.5 Å². The minimum absolute atomic E-state index is 0.164. The Morgan fingerprint density at radius 3 is 2.53 bits per heavy atom. The van der Waals surface area contributed by atoms with Crippen LogP contribution in [-0.4, -0.2) is 46.3 Å². The Kier molecular flexibility index (Phi) is 6.36. The van der Waals surface area contributed by atoms with Crippen LogP contribution in [0, 0.1) is 5.82 Å². The van der Waals surface area contributed by atoms with Crippen LogP contribution in [-0.2, 0) is 21.7 Å². The third-order valence-corrected chi connectivity index (χ3v) is 8.33. The molecular weight excluding hydrogens is 443 g/mol. The number of hydrogen-bond donors (Lipinski definition) is 4. The van der Waals surface area contributed by atoms with Crippen molar-refractivity contribution in [3.63, 3.8) is 0 Å². The van der Waals surface area contributed by atoms with Crippen LogP contribution in [0.1, 0.15) is 23.6 Å². The van der Waals surface area contributed by atoms with Gasteiger partial charge in [-0.15, -0.1) is 0 Å². The van der Waals surface area contributed by atoms with Gasteiger partial charge in [0.1, 0.15) is 17.2 Å². The molecule has 0 aromatic heterocycles. The molecule has 2 saturated heterocycles. The second kappa shape index (κ2) is 8.56. The summed E-state index contributed by atoms with van der Waals surface area (Å²) >= 11 is 14.0. The van der Waals surface area contributed by atoms with Gasteiger partial charge in [0.05, 0.1) is 25.1 Å². The van der Waals surface area contributed by atoms with Gasteiger partial charge in [0.15, 0.2) is 0 Å². The molecule has 2 heterocycles. The number of hydrogen-bond acceptors (Lipinski definition) is 7. The highest BCUT2D eigenvalue weighted by Crippen LogP contribution is 2.54. The predicted octanol–water partition coefficient (Wildman–Crippen LogP) is 3.65. The van der Waals surface area contributed by atoms with Gasteiger partial charge in [0.2, 0.25) is 5.79 Å². The van der Waals surface area contributed by atoms with Gasteiger partial charge >= 0.3 is 0 Å². The monoisotopic (exact) mass is 468 g/mol. The summed E-state index contributed by atoms with van der Waals surface area (Å²) in [6.07, 6.45) is 0.407. The molecule has 2 fully saturated rings. The van der Waals surface area contributed by atoms with E-state index in [0.29, 0.717) is 24.2 Å². The van der Waals surface area contributed by atoms with Crippen molar-refractivity contribution in [1.82, 2.24) is 0 Å². The zero-order valence-electron chi connectivity index (χ0n) is 16.5. The highest BCUT2D eigenvalue weighted by molar-refractivity contribution is 7.87. The summed E-state index contributed by atoms with van der Waals surface area (Å²) in [5.41, 5.74) is 1.15. The predicted molar refractivity (Wildman–Crippen MR) is 124 cm³/mol. The molecule has 0 radical (unpaired) electrons. The Hall–Kier alpha value is -0.900. The molecule has 30 heavy (non-hydrogen) atoms. The first kappa shape index (κ1) is 22.3. The van der Waals surface area contributed by atoms with Crippen LogP contribution < -0.4 is 4.74 Å². The number of aliphatic hydroxyl groups excluding tert-OH is 1. The van der Waals surface area contributed by atoms with Crippen LogP contribution in [0.25, 0.3) is 0 Å². The molecule has 162 valence electrons. The summed E-state index contributed by atoms with van der Waals surface area (Å²) < 4.78 is 32.5. The van der Waals surface area contributed by atoms with Crippen LogP contribution in [0.5, 0.6) is 5.75 Å². The molecule has 4 nitrogen and oxygen atoms in total. The average molecular weight is 469 g/mol. The molecule has 8 heteroatoms. The van der Waals surface area contributed by atoms with Crippen LogP contribution in [0.2, 0.25) is 0 Å². The lowest BCUT2D eigenvalue weighted by molar-refractivity contribution is -0.218. The maximum absolute atomic E-state index is 14.6. The molecule has 4 rings (SSSR count). The Morgan fingerprint density at radius 2 is 1.87 bits per heavy atom. The second-order valence-corrected chi connectivity index (χ2v) is 9.43. The molecule has 0 aliphatic carbocycles. The lowest BCUT2D eigenvalue weighted by Crippen LogP contribution is -2.60.